The highest BCUT2D eigenvalue weighted by Gasteiger charge is 2.41. The van der Waals surface area contributed by atoms with E-state index in [1.54, 1.807) is 0 Å². The number of alkyl halides is 3. The predicted octanol–water partition coefficient (Wildman–Crippen LogP) is 3.78. The third-order valence-corrected chi connectivity index (χ3v) is 3.01. The maximum absolute atomic E-state index is 12.3. The number of hydrogen-bond donors (Lipinski definition) is 0. The normalized spacial score (nSPS) is 28.0. The molecule has 4 heteroatoms. The van der Waals surface area contributed by atoms with Crippen molar-refractivity contribution in [1.82, 2.24) is 0 Å². The molecule has 0 radical (unpaired) electrons. The SMILES string of the molecule is CCCOCC1CCC(C(F)(F)F)CC1. The molecule has 0 amide bonds. The van der Waals surface area contributed by atoms with E-state index in [2.05, 4.69) is 0 Å². The van der Waals surface area contributed by atoms with E-state index in [0.717, 1.165) is 13.0 Å². The van der Waals surface area contributed by atoms with Crippen LogP contribution in [0.15, 0.2) is 0 Å². The zero-order valence-corrected chi connectivity index (χ0v) is 9.15. The third kappa shape index (κ3) is 4.41. The molecule has 0 heterocycles. The van der Waals surface area contributed by atoms with Gasteiger partial charge < -0.3 is 4.74 Å². The average molecular weight is 224 g/mol. The van der Waals surface area contributed by atoms with E-state index in [0.29, 0.717) is 25.4 Å². The Morgan fingerprint density at radius 2 is 1.73 bits per heavy atom. The van der Waals surface area contributed by atoms with Gasteiger partial charge in [0.05, 0.1) is 5.92 Å². The van der Waals surface area contributed by atoms with Crippen molar-refractivity contribution in [2.45, 2.75) is 45.2 Å². The molecule has 0 saturated heterocycles. The Kier molecular flexibility index (Phi) is 4.90. The van der Waals surface area contributed by atoms with Gasteiger partial charge in [-0.1, -0.05) is 6.92 Å². The zero-order chi connectivity index (χ0) is 11.3. The molecule has 0 aromatic heterocycles. The Morgan fingerprint density at radius 1 is 1.13 bits per heavy atom. The topological polar surface area (TPSA) is 9.23 Å². The lowest BCUT2D eigenvalue weighted by Gasteiger charge is -2.29. The number of rotatable bonds is 4. The van der Waals surface area contributed by atoms with Gasteiger partial charge in [0.15, 0.2) is 0 Å². The van der Waals surface area contributed by atoms with Crippen LogP contribution in [-0.4, -0.2) is 19.4 Å². The summed E-state index contributed by atoms with van der Waals surface area (Å²) < 4.78 is 42.4. The van der Waals surface area contributed by atoms with Gasteiger partial charge in [-0.05, 0) is 38.0 Å². The highest BCUT2D eigenvalue weighted by Crippen LogP contribution is 2.39. The lowest BCUT2D eigenvalue weighted by atomic mass is 9.82. The summed E-state index contributed by atoms with van der Waals surface area (Å²) in [6.45, 7) is 3.39. The van der Waals surface area contributed by atoms with Gasteiger partial charge in [-0.3, -0.25) is 0 Å². The molecule has 0 aromatic carbocycles. The van der Waals surface area contributed by atoms with Gasteiger partial charge in [0.2, 0.25) is 0 Å². The molecule has 0 bridgehead atoms. The predicted molar refractivity (Wildman–Crippen MR) is 52.6 cm³/mol. The van der Waals surface area contributed by atoms with Gasteiger partial charge in [0, 0.05) is 13.2 Å². The monoisotopic (exact) mass is 224 g/mol. The number of ether oxygens (including phenoxy) is 1. The van der Waals surface area contributed by atoms with Crippen LogP contribution in [0.3, 0.4) is 0 Å². The fraction of sp³-hybridized carbons (Fsp3) is 1.00. The van der Waals surface area contributed by atoms with E-state index < -0.39 is 12.1 Å². The quantitative estimate of drug-likeness (QED) is 0.660. The molecule has 1 saturated carbocycles. The van der Waals surface area contributed by atoms with E-state index in [1.165, 1.54) is 0 Å². The summed E-state index contributed by atoms with van der Waals surface area (Å²) in [6.07, 6.45) is -1.14. The Labute approximate surface area is 89.0 Å². The van der Waals surface area contributed by atoms with Crippen LogP contribution < -0.4 is 0 Å². The van der Waals surface area contributed by atoms with Gasteiger partial charge in [-0.2, -0.15) is 13.2 Å². The Hall–Kier alpha value is -0.250. The fourth-order valence-corrected chi connectivity index (χ4v) is 2.05. The summed E-state index contributed by atoms with van der Waals surface area (Å²) in [5, 5.41) is 0. The first kappa shape index (κ1) is 12.8. The van der Waals surface area contributed by atoms with Crippen molar-refractivity contribution in [2.24, 2.45) is 11.8 Å². The Bertz CT molecular complexity index is 171. The van der Waals surface area contributed by atoms with Crippen LogP contribution >= 0.6 is 0 Å². The fourth-order valence-electron chi connectivity index (χ4n) is 2.05. The lowest BCUT2D eigenvalue weighted by molar-refractivity contribution is -0.184. The molecule has 1 aliphatic rings. The van der Waals surface area contributed by atoms with Gasteiger partial charge >= 0.3 is 6.18 Å². The lowest BCUT2D eigenvalue weighted by Crippen LogP contribution is -2.29. The molecule has 1 fully saturated rings. The molecule has 0 aromatic rings. The van der Waals surface area contributed by atoms with Crippen molar-refractivity contribution >= 4 is 0 Å². The highest BCUT2D eigenvalue weighted by molar-refractivity contribution is 4.76. The number of halogens is 3. The Balaban J connectivity index is 2.18. The molecule has 1 rings (SSSR count). The molecule has 0 N–H and O–H groups in total. The summed E-state index contributed by atoms with van der Waals surface area (Å²) in [6, 6.07) is 0. The summed E-state index contributed by atoms with van der Waals surface area (Å²) in [5.74, 6) is -0.727. The van der Waals surface area contributed by atoms with Gasteiger partial charge in [-0.25, -0.2) is 0 Å². The average Bonchev–Trinajstić information content (AvgIpc) is 2.18. The minimum Gasteiger partial charge on any atom is -0.381 e. The van der Waals surface area contributed by atoms with E-state index in [9.17, 15) is 13.2 Å². The van der Waals surface area contributed by atoms with Crippen molar-refractivity contribution in [3.05, 3.63) is 0 Å². The van der Waals surface area contributed by atoms with Crippen LogP contribution in [0.1, 0.15) is 39.0 Å². The molecule has 0 aliphatic heterocycles. The molecule has 0 spiro atoms. The van der Waals surface area contributed by atoms with Crippen LogP contribution in [0.5, 0.6) is 0 Å². The van der Waals surface area contributed by atoms with Gasteiger partial charge in [0.1, 0.15) is 0 Å². The maximum atomic E-state index is 12.3. The molecule has 0 unspecified atom stereocenters. The van der Waals surface area contributed by atoms with Gasteiger partial charge in [-0.15, -0.1) is 0 Å². The molecule has 0 atom stereocenters. The minimum absolute atomic E-state index is 0.281. The summed E-state index contributed by atoms with van der Waals surface area (Å²) in [4.78, 5) is 0. The van der Waals surface area contributed by atoms with Crippen LogP contribution in [0.4, 0.5) is 13.2 Å². The molecular formula is C11H19F3O. The first-order valence-electron chi connectivity index (χ1n) is 5.68. The molecular weight excluding hydrogens is 205 g/mol. The smallest absolute Gasteiger partial charge is 0.381 e. The van der Waals surface area contributed by atoms with Crippen molar-refractivity contribution in [2.75, 3.05) is 13.2 Å². The second kappa shape index (κ2) is 5.73. The van der Waals surface area contributed by atoms with Crippen LogP contribution in [-0.2, 0) is 4.74 Å². The van der Waals surface area contributed by atoms with Crippen molar-refractivity contribution in [3.8, 4) is 0 Å². The van der Waals surface area contributed by atoms with E-state index in [4.69, 9.17) is 4.74 Å². The highest BCUT2D eigenvalue weighted by atomic mass is 19.4. The summed E-state index contributed by atoms with van der Waals surface area (Å²) in [5.41, 5.74) is 0. The first-order valence-corrected chi connectivity index (χ1v) is 5.68. The van der Waals surface area contributed by atoms with E-state index >= 15 is 0 Å². The molecule has 15 heavy (non-hydrogen) atoms. The van der Waals surface area contributed by atoms with E-state index in [-0.39, 0.29) is 12.8 Å². The standard InChI is InChI=1S/C11H19F3O/c1-2-7-15-8-9-3-5-10(6-4-9)11(12,13)14/h9-10H,2-8H2,1H3. The van der Waals surface area contributed by atoms with Crippen molar-refractivity contribution < 1.29 is 17.9 Å². The number of hydrogen-bond acceptors (Lipinski definition) is 1. The Morgan fingerprint density at radius 3 is 2.20 bits per heavy atom. The maximum Gasteiger partial charge on any atom is 0.391 e. The second-order valence-electron chi connectivity index (χ2n) is 4.33. The second-order valence-corrected chi connectivity index (χ2v) is 4.33. The molecule has 1 nitrogen and oxygen atoms in total. The van der Waals surface area contributed by atoms with Crippen LogP contribution in [0.25, 0.3) is 0 Å². The van der Waals surface area contributed by atoms with Crippen molar-refractivity contribution in [3.63, 3.8) is 0 Å². The zero-order valence-electron chi connectivity index (χ0n) is 9.15. The van der Waals surface area contributed by atoms with Crippen LogP contribution in [0, 0.1) is 11.8 Å². The van der Waals surface area contributed by atoms with Crippen molar-refractivity contribution in [1.29, 1.82) is 0 Å². The van der Waals surface area contributed by atoms with Crippen LogP contribution in [0.2, 0.25) is 0 Å². The minimum atomic E-state index is -3.99. The van der Waals surface area contributed by atoms with E-state index in [1.807, 2.05) is 6.92 Å². The molecule has 90 valence electrons. The summed E-state index contributed by atoms with van der Waals surface area (Å²) in [7, 11) is 0. The largest absolute Gasteiger partial charge is 0.391 e. The van der Waals surface area contributed by atoms with Gasteiger partial charge in [0.25, 0.3) is 0 Å². The first-order chi connectivity index (χ1) is 7.04. The summed E-state index contributed by atoms with van der Waals surface area (Å²) >= 11 is 0. The molecule has 1 aliphatic carbocycles. The third-order valence-electron chi connectivity index (χ3n) is 3.01.